The largest absolute Gasteiger partial charge is 0.486 e. The average Bonchev–Trinajstić information content (AvgIpc) is 2.80. The lowest BCUT2D eigenvalue weighted by Gasteiger charge is -2.32. The third kappa shape index (κ3) is 7.64. The van der Waals surface area contributed by atoms with E-state index >= 15 is 0 Å². The first kappa shape index (κ1) is 24.8. The van der Waals surface area contributed by atoms with Crippen LogP contribution in [-0.2, 0) is 14.8 Å². The number of nitrogens with one attached hydrogen (secondary N) is 2. The van der Waals surface area contributed by atoms with Gasteiger partial charge in [0.2, 0.25) is 15.9 Å². The molecule has 180 valence electrons. The van der Waals surface area contributed by atoms with Crippen molar-refractivity contribution in [3.05, 3.63) is 18.2 Å². The minimum Gasteiger partial charge on any atom is -0.486 e. The topological polar surface area (TPSA) is 97.0 Å². The van der Waals surface area contributed by atoms with E-state index in [-0.39, 0.29) is 16.8 Å². The van der Waals surface area contributed by atoms with Gasteiger partial charge in [0.15, 0.2) is 11.5 Å². The van der Waals surface area contributed by atoms with Crippen LogP contribution < -0.4 is 19.5 Å². The van der Waals surface area contributed by atoms with Crippen LogP contribution in [-0.4, -0.2) is 64.7 Å². The Morgan fingerprint density at radius 2 is 1.81 bits per heavy atom. The molecule has 1 fully saturated rings. The molecule has 9 heteroatoms. The number of rotatable bonds is 12. The van der Waals surface area contributed by atoms with Crippen molar-refractivity contribution in [1.29, 1.82) is 0 Å². The summed E-state index contributed by atoms with van der Waals surface area (Å²) in [6.07, 6.45) is 7.24. The van der Waals surface area contributed by atoms with Gasteiger partial charge in [-0.05, 0) is 50.8 Å². The van der Waals surface area contributed by atoms with Crippen molar-refractivity contribution >= 4 is 15.9 Å². The van der Waals surface area contributed by atoms with E-state index in [2.05, 4.69) is 21.9 Å². The summed E-state index contributed by atoms with van der Waals surface area (Å²) in [5.74, 6) is 1.13. The molecule has 2 heterocycles. The molecule has 0 saturated carbocycles. The van der Waals surface area contributed by atoms with E-state index in [0.717, 1.165) is 45.3 Å². The van der Waals surface area contributed by atoms with Gasteiger partial charge in [0.05, 0.1) is 4.90 Å². The molecule has 3 rings (SSSR count). The lowest BCUT2D eigenvalue weighted by Crippen LogP contribution is -2.44. The molecule has 0 spiro atoms. The number of benzene rings is 1. The van der Waals surface area contributed by atoms with Gasteiger partial charge in [0.25, 0.3) is 0 Å². The van der Waals surface area contributed by atoms with Crippen LogP contribution >= 0.6 is 0 Å². The Bertz CT molecular complexity index is 838. The summed E-state index contributed by atoms with van der Waals surface area (Å²) in [4.78, 5) is 14.9. The minimum absolute atomic E-state index is 0.105. The van der Waals surface area contributed by atoms with Crippen LogP contribution in [0.25, 0.3) is 0 Å². The van der Waals surface area contributed by atoms with Gasteiger partial charge in [0.1, 0.15) is 13.2 Å². The van der Waals surface area contributed by atoms with Crippen LogP contribution in [0.4, 0.5) is 0 Å². The molecular weight excluding hydrogens is 430 g/mol. The van der Waals surface area contributed by atoms with Crippen LogP contribution in [0.15, 0.2) is 23.1 Å². The van der Waals surface area contributed by atoms with E-state index in [0.29, 0.717) is 44.1 Å². The molecule has 8 nitrogen and oxygen atoms in total. The molecule has 0 bridgehead atoms. The van der Waals surface area contributed by atoms with E-state index in [4.69, 9.17) is 9.47 Å². The molecule has 2 aliphatic heterocycles. The third-order valence-corrected chi connectivity index (χ3v) is 7.44. The quantitative estimate of drug-likeness (QED) is 0.459. The Hall–Kier alpha value is -1.84. The SMILES string of the molecule is CCCCN1CCC(NC(=O)CCCCCNS(=O)(=O)c2ccc3c(c2)OCCO3)CC1. The first-order chi connectivity index (χ1) is 15.5. The van der Waals surface area contributed by atoms with Crippen molar-refractivity contribution in [3.8, 4) is 11.5 Å². The van der Waals surface area contributed by atoms with Gasteiger partial charge < -0.3 is 19.7 Å². The van der Waals surface area contributed by atoms with Gasteiger partial charge in [-0.15, -0.1) is 0 Å². The van der Waals surface area contributed by atoms with E-state index < -0.39 is 10.0 Å². The van der Waals surface area contributed by atoms with Gasteiger partial charge in [-0.1, -0.05) is 19.8 Å². The molecule has 0 unspecified atom stereocenters. The summed E-state index contributed by atoms with van der Waals surface area (Å²) in [7, 11) is -3.60. The highest BCUT2D eigenvalue weighted by Crippen LogP contribution is 2.32. The lowest BCUT2D eigenvalue weighted by molar-refractivity contribution is -0.122. The fraction of sp³-hybridized carbons (Fsp3) is 0.696. The van der Waals surface area contributed by atoms with Crippen molar-refractivity contribution in [2.24, 2.45) is 0 Å². The number of carbonyl (C=O) groups excluding carboxylic acids is 1. The number of unbranched alkanes of at least 4 members (excludes halogenated alkanes) is 3. The number of ether oxygens (including phenoxy) is 2. The average molecular weight is 468 g/mol. The smallest absolute Gasteiger partial charge is 0.240 e. The Balaban J connectivity index is 1.27. The Labute approximate surface area is 192 Å². The number of fused-ring (bicyclic) bond motifs is 1. The highest BCUT2D eigenvalue weighted by Gasteiger charge is 2.21. The highest BCUT2D eigenvalue weighted by atomic mass is 32.2. The predicted molar refractivity (Wildman–Crippen MR) is 124 cm³/mol. The molecule has 0 aromatic heterocycles. The minimum atomic E-state index is -3.60. The zero-order valence-corrected chi connectivity index (χ0v) is 19.9. The zero-order valence-electron chi connectivity index (χ0n) is 19.1. The fourth-order valence-electron chi connectivity index (χ4n) is 4.05. The first-order valence-corrected chi connectivity index (χ1v) is 13.4. The maximum absolute atomic E-state index is 12.5. The van der Waals surface area contributed by atoms with Crippen LogP contribution in [0, 0.1) is 0 Å². The Kier molecular flexibility index (Phi) is 9.62. The molecule has 0 atom stereocenters. The second-order valence-corrected chi connectivity index (χ2v) is 10.3. The second kappa shape index (κ2) is 12.4. The van der Waals surface area contributed by atoms with E-state index in [1.54, 1.807) is 6.07 Å². The molecule has 0 aliphatic carbocycles. The second-order valence-electron chi connectivity index (χ2n) is 8.55. The Morgan fingerprint density at radius 3 is 2.56 bits per heavy atom. The van der Waals surface area contributed by atoms with Crippen molar-refractivity contribution in [3.63, 3.8) is 0 Å². The molecule has 32 heavy (non-hydrogen) atoms. The van der Waals surface area contributed by atoms with Crippen LogP contribution in [0.1, 0.15) is 58.3 Å². The zero-order chi connectivity index (χ0) is 22.8. The molecule has 1 aromatic carbocycles. The summed E-state index contributed by atoms with van der Waals surface area (Å²) < 4.78 is 38.5. The predicted octanol–water partition coefficient (Wildman–Crippen LogP) is 2.68. The van der Waals surface area contributed by atoms with Gasteiger partial charge in [0, 0.05) is 38.2 Å². The van der Waals surface area contributed by atoms with Crippen LogP contribution in [0.5, 0.6) is 11.5 Å². The molecule has 2 aliphatic rings. The van der Waals surface area contributed by atoms with Crippen molar-refractivity contribution in [1.82, 2.24) is 14.9 Å². The summed E-state index contributed by atoms with van der Waals surface area (Å²) in [6, 6.07) is 4.93. The van der Waals surface area contributed by atoms with Crippen LogP contribution in [0.3, 0.4) is 0 Å². The Morgan fingerprint density at radius 1 is 1.06 bits per heavy atom. The normalized spacial score (nSPS) is 17.3. The summed E-state index contributed by atoms with van der Waals surface area (Å²) in [5.41, 5.74) is 0. The van der Waals surface area contributed by atoms with E-state index in [1.807, 2.05) is 0 Å². The van der Waals surface area contributed by atoms with Gasteiger partial charge in [-0.3, -0.25) is 4.79 Å². The molecule has 1 saturated heterocycles. The lowest BCUT2D eigenvalue weighted by atomic mass is 10.0. The maximum Gasteiger partial charge on any atom is 0.240 e. The summed E-state index contributed by atoms with van der Waals surface area (Å²) in [5, 5.41) is 3.16. The number of piperidine rings is 1. The number of carbonyl (C=O) groups is 1. The van der Waals surface area contributed by atoms with Gasteiger partial charge in [-0.25, -0.2) is 13.1 Å². The van der Waals surface area contributed by atoms with Crippen molar-refractivity contribution in [2.75, 3.05) is 39.4 Å². The van der Waals surface area contributed by atoms with Crippen LogP contribution in [0.2, 0.25) is 0 Å². The number of amides is 1. The summed E-state index contributed by atoms with van der Waals surface area (Å²) >= 11 is 0. The van der Waals surface area contributed by atoms with Crippen molar-refractivity contribution in [2.45, 2.75) is 69.2 Å². The highest BCUT2D eigenvalue weighted by molar-refractivity contribution is 7.89. The maximum atomic E-state index is 12.5. The summed E-state index contributed by atoms with van der Waals surface area (Å²) in [6.45, 7) is 6.72. The van der Waals surface area contributed by atoms with E-state index in [1.165, 1.54) is 25.0 Å². The number of hydrogen-bond donors (Lipinski definition) is 2. The molecule has 1 aromatic rings. The van der Waals surface area contributed by atoms with Gasteiger partial charge in [-0.2, -0.15) is 0 Å². The number of likely N-dealkylation sites (tertiary alicyclic amines) is 1. The molecular formula is C23H37N3O5S. The molecule has 1 amide bonds. The number of hydrogen-bond acceptors (Lipinski definition) is 6. The van der Waals surface area contributed by atoms with Crippen molar-refractivity contribution < 1.29 is 22.7 Å². The fourth-order valence-corrected chi connectivity index (χ4v) is 5.14. The standard InChI is InChI=1S/C23H37N3O5S/c1-2-3-13-26-14-10-19(11-15-26)25-23(27)7-5-4-6-12-24-32(28,29)20-8-9-21-22(18-20)31-17-16-30-21/h8-9,18-19,24H,2-7,10-17H2,1H3,(H,25,27). The van der Waals surface area contributed by atoms with Gasteiger partial charge >= 0.3 is 0 Å². The number of sulfonamides is 1. The molecule has 2 N–H and O–H groups in total. The third-order valence-electron chi connectivity index (χ3n) is 5.98. The molecule has 0 radical (unpaired) electrons. The number of nitrogens with zero attached hydrogens (tertiary/aromatic N) is 1. The first-order valence-electron chi connectivity index (χ1n) is 11.9. The monoisotopic (exact) mass is 467 g/mol. The van der Waals surface area contributed by atoms with E-state index in [9.17, 15) is 13.2 Å².